The molecule has 1 atom stereocenters. The SMILES string of the molecule is CC(Sc1nnc(COc2ccccc2Cl)n1C)C(=O)Nc1cccc(C#N)c1. The molecular weight excluding hydrogens is 410 g/mol. The van der Waals surface area contributed by atoms with E-state index in [1.807, 2.05) is 25.2 Å². The molecule has 0 aliphatic carbocycles. The molecule has 0 aliphatic heterocycles. The number of amides is 1. The molecular formula is C20H18ClN5O2S. The van der Waals surface area contributed by atoms with E-state index in [9.17, 15) is 4.79 Å². The summed E-state index contributed by atoms with van der Waals surface area (Å²) in [6, 6.07) is 16.0. The second-order valence-corrected chi connectivity index (χ2v) is 7.83. The summed E-state index contributed by atoms with van der Waals surface area (Å²) in [5, 5.41) is 20.8. The number of ether oxygens (including phenoxy) is 1. The van der Waals surface area contributed by atoms with Crippen molar-refractivity contribution >= 4 is 35.0 Å². The van der Waals surface area contributed by atoms with Crippen LogP contribution in [0, 0.1) is 11.3 Å². The summed E-state index contributed by atoms with van der Waals surface area (Å²) in [6.07, 6.45) is 0. The highest BCUT2D eigenvalue weighted by molar-refractivity contribution is 8.00. The third-order valence-electron chi connectivity index (χ3n) is 4.03. The van der Waals surface area contributed by atoms with Gasteiger partial charge >= 0.3 is 0 Å². The molecule has 7 nitrogen and oxygen atoms in total. The van der Waals surface area contributed by atoms with Crippen molar-refractivity contribution in [3.63, 3.8) is 0 Å². The minimum absolute atomic E-state index is 0.193. The number of nitrogens with one attached hydrogen (secondary N) is 1. The third-order valence-corrected chi connectivity index (χ3v) is 5.48. The number of rotatable bonds is 7. The van der Waals surface area contributed by atoms with Crippen LogP contribution in [0.3, 0.4) is 0 Å². The normalized spacial score (nSPS) is 11.5. The van der Waals surface area contributed by atoms with Gasteiger partial charge in [0.15, 0.2) is 11.0 Å². The Balaban J connectivity index is 1.60. The van der Waals surface area contributed by atoms with Gasteiger partial charge in [0, 0.05) is 12.7 Å². The van der Waals surface area contributed by atoms with Crippen LogP contribution in [0.25, 0.3) is 0 Å². The summed E-state index contributed by atoms with van der Waals surface area (Å²) in [7, 11) is 1.81. The lowest BCUT2D eigenvalue weighted by Gasteiger charge is -2.12. The van der Waals surface area contributed by atoms with Crippen LogP contribution in [0.15, 0.2) is 53.7 Å². The van der Waals surface area contributed by atoms with Crippen LogP contribution < -0.4 is 10.1 Å². The Morgan fingerprint density at radius 3 is 2.86 bits per heavy atom. The molecule has 0 radical (unpaired) electrons. The summed E-state index contributed by atoms with van der Waals surface area (Å²) in [5.74, 6) is 0.988. The van der Waals surface area contributed by atoms with E-state index in [0.717, 1.165) is 0 Å². The van der Waals surface area contributed by atoms with Gasteiger partial charge in [0.2, 0.25) is 5.91 Å². The molecule has 0 saturated heterocycles. The molecule has 1 N–H and O–H groups in total. The van der Waals surface area contributed by atoms with E-state index >= 15 is 0 Å². The molecule has 9 heteroatoms. The first-order chi connectivity index (χ1) is 14.0. The molecule has 0 bridgehead atoms. The average Bonchev–Trinajstić information content (AvgIpc) is 3.07. The number of aromatic nitrogens is 3. The molecule has 1 aromatic heterocycles. The van der Waals surface area contributed by atoms with E-state index in [0.29, 0.717) is 33.0 Å². The van der Waals surface area contributed by atoms with Crippen molar-refractivity contribution in [1.29, 1.82) is 5.26 Å². The number of thioether (sulfide) groups is 1. The monoisotopic (exact) mass is 427 g/mol. The zero-order valence-electron chi connectivity index (χ0n) is 15.8. The van der Waals surface area contributed by atoms with Crippen molar-refractivity contribution in [3.05, 3.63) is 64.9 Å². The topological polar surface area (TPSA) is 92.8 Å². The first-order valence-electron chi connectivity index (χ1n) is 8.71. The Morgan fingerprint density at radius 2 is 2.10 bits per heavy atom. The van der Waals surface area contributed by atoms with Gasteiger partial charge in [0.05, 0.1) is 21.9 Å². The van der Waals surface area contributed by atoms with Gasteiger partial charge in [-0.25, -0.2) is 0 Å². The average molecular weight is 428 g/mol. The van der Waals surface area contributed by atoms with Crippen LogP contribution in [-0.2, 0) is 18.4 Å². The summed E-state index contributed by atoms with van der Waals surface area (Å²) in [6.45, 7) is 1.98. The van der Waals surface area contributed by atoms with Crippen molar-refractivity contribution in [1.82, 2.24) is 14.8 Å². The van der Waals surface area contributed by atoms with E-state index < -0.39 is 5.25 Å². The van der Waals surface area contributed by atoms with Crippen LogP contribution in [0.4, 0.5) is 5.69 Å². The number of hydrogen-bond donors (Lipinski definition) is 1. The van der Waals surface area contributed by atoms with Gasteiger partial charge in [-0.3, -0.25) is 4.79 Å². The fraction of sp³-hybridized carbons (Fsp3) is 0.200. The van der Waals surface area contributed by atoms with Crippen LogP contribution in [-0.4, -0.2) is 25.9 Å². The molecule has 3 rings (SSSR count). The maximum absolute atomic E-state index is 12.5. The quantitative estimate of drug-likeness (QED) is 0.572. The number of carbonyl (C=O) groups excluding carboxylic acids is 1. The maximum atomic E-state index is 12.5. The maximum Gasteiger partial charge on any atom is 0.237 e. The number of carbonyl (C=O) groups is 1. The van der Waals surface area contributed by atoms with Crippen molar-refractivity contribution in [2.75, 3.05) is 5.32 Å². The number of halogens is 1. The standard InChI is InChI=1S/C20H18ClN5O2S/c1-13(19(27)23-15-7-5-6-14(10-15)11-22)29-20-25-24-18(26(20)2)12-28-17-9-4-3-8-16(17)21/h3-10,13H,12H2,1-2H3,(H,23,27). The number of nitrogens with zero attached hydrogens (tertiary/aromatic N) is 4. The second-order valence-electron chi connectivity index (χ2n) is 6.12. The van der Waals surface area contributed by atoms with Gasteiger partial charge in [0.25, 0.3) is 0 Å². The highest BCUT2D eigenvalue weighted by atomic mass is 35.5. The number of anilines is 1. The van der Waals surface area contributed by atoms with Crippen molar-refractivity contribution in [3.8, 4) is 11.8 Å². The van der Waals surface area contributed by atoms with E-state index in [2.05, 4.69) is 15.5 Å². The number of para-hydroxylation sites is 1. The third kappa shape index (κ3) is 5.28. The minimum atomic E-state index is -0.416. The molecule has 3 aromatic rings. The molecule has 1 amide bonds. The highest BCUT2D eigenvalue weighted by Crippen LogP contribution is 2.26. The molecule has 1 heterocycles. The van der Waals surface area contributed by atoms with E-state index in [1.54, 1.807) is 47.9 Å². The Morgan fingerprint density at radius 1 is 1.31 bits per heavy atom. The number of benzene rings is 2. The van der Waals surface area contributed by atoms with Crippen molar-refractivity contribution < 1.29 is 9.53 Å². The first-order valence-corrected chi connectivity index (χ1v) is 9.97. The molecule has 0 fully saturated rings. The lowest BCUT2D eigenvalue weighted by atomic mass is 10.2. The summed E-state index contributed by atoms with van der Waals surface area (Å²) in [4.78, 5) is 12.5. The molecule has 0 aliphatic rings. The van der Waals surface area contributed by atoms with Gasteiger partial charge < -0.3 is 14.6 Å². The van der Waals surface area contributed by atoms with Gasteiger partial charge in [0.1, 0.15) is 12.4 Å². The Kier molecular flexibility index (Phi) is 6.75. The molecule has 29 heavy (non-hydrogen) atoms. The fourth-order valence-corrected chi connectivity index (χ4v) is 3.42. The van der Waals surface area contributed by atoms with Crippen molar-refractivity contribution in [2.24, 2.45) is 7.05 Å². The summed E-state index contributed by atoms with van der Waals surface area (Å²) < 4.78 is 7.48. The van der Waals surface area contributed by atoms with Crippen LogP contribution in [0.5, 0.6) is 5.75 Å². The molecule has 1 unspecified atom stereocenters. The Hall–Kier alpha value is -3.02. The minimum Gasteiger partial charge on any atom is -0.484 e. The van der Waals surface area contributed by atoms with E-state index in [1.165, 1.54) is 11.8 Å². The second kappa shape index (κ2) is 9.45. The fourth-order valence-electron chi connectivity index (χ4n) is 2.40. The zero-order chi connectivity index (χ0) is 20.8. The summed E-state index contributed by atoms with van der Waals surface area (Å²) in [5.41, 5.74) is 1.06. The van der Waals surface area contributed by atoms with Gasteiger partial charge in [-0.1, -0.05) is 41.6 Å². The summed E-state index contributed by atoms with van der Waals surface area (Å²) >= 11 is 7.37. The molecule has 148 valence electrons. The predicted octanol–water partition coefficient (Wildman–Crippen LogP) is 4.04. The predicted molar refractivity (Wildman–Crippen MR) is 112 cm³/mol. The van der Waals surface area contributed by atoms with E-state index in [4.69, 9.17) is 21.6 Å². The lowest BCUT2D eigenvalue weighted by Crippen LogP contribution is -2.22. The van der Waals surface area contributed by atoms with Gasteiger partial charge in [-0.2, -0.15) is 5.26 Å². The van der Waals surface area contributed by atoms with E-state index in [-0.39, 0.29) is 12.5 Å². The molecule has 0 saturated carbocycles. The number of nitriles is 1. The molecule has 2 aromatic carbocycles. The first kappa shape index (κ1) is 20.7. The lowest BCUT2D eigenvalue weighted by molar-refractivity contribution is -0.115. The highest BCUT2D eigenvalue weighted by Gasteiger charge is 2.19. The van der Waals surface area contributed by atoms with Crippen LogP contribution in [0.1, 0.15) is 18.3 Å². The Labute approximate surface area is 177 Å². The smallest absolute Gasteiger partial charge is 0.237 e. The zero-order valence-corrected chi connectivity index (χ0v) is 17.4. The van der Waals surface area contributed by atoms with Gasteiger partial charge in [-0.05, 0) is 37.3 Å². The van der Waals surface area contributed by atoms with Crippen LogP contribution in [0.2, 0.25) is 5.02 Å². The largest absolute Gasteiger partial charge is 0.484 e. The Bertz CT molecular complexity index is 1060. The molecule has 0 spiro atoms. The van der Waals surface area contributed by atoms with Gasteiger partial charge in [-0.15, -0.1) is 10.2 Å². The number of hydrogen-bond acceptors (Lipinski definition) is 6. The van der Waals surface area contributed by atoms with Crippen molar-refractivity contribution in [2.45, 2.75) is 23.9 Å². The van der Waals surface area contributed by atoms with Crippen LogP contribution >= 0.6 is 23.4 Å².